The Balaban J connectivity index is 0.00000225. The summed E-state index contributed by atoms with van der Waals surface area (Å²) in [6.07, 6.45) is 0. The van der Waals surface area contributed by atoms with Gasteiger partial charge in [0.2, 0.25) is 0 Å². The van der Waals surface area contributed by atoms with Gasteiger partial charge in [0.15, 0.2) is 0 Å². The van der Waals surface area contributed by atoms with Crippen molar-refractivity contribution in [2.45, 2.75) is 6.61 Å². The number of ether oxygens (including phenoxy) is 1. The van der Waals surface area contributed by atoms with E-state index in [9.17, 15) is 9.36 Å². The van der Waals surface area contributed by atoms with Crippen molar-refractivity contribution in [2.24, 2.45) is 0 Å². The minimum Gasteiger partial charge on any atom is -0.452 e. The van der Waals surface area contributed by atoms with Crippen LogP contribution in [0.15, 0.2) is 30.3 Å². The predicted octanol–water partition coefficient (Wildman–Crippen LogP) is 1.77. The third-order valence-electron chi connectivity index (χ3n) is 1.68. The fraction of sp³-hybridized carbons (Fsp3) is 0.222. The Morgan fingerprint density at radius 3 is 2.44 bits per heavy atom. The number of hydrogen-bond donors (Lipinski definition) is 1. The summed E-state index contributed by atoms with van der Waals surface area (Å²) < 4.78 is 19.7. The Hall–Kier alpha value is -0.160. The summed E-state index contributed by atoms with van der Waals surface area (Å²) in [4.78, 5) is 19.9. The van der Waals surface area contributed by atoms with Crippen molar-refractivity contribution in [2.75, 3.05) is 7.11 Å². The maximum Gasteiger partial charge on any atom is 0.435 e. The van der Waals surface area contributed by atoms with Gasteiger partial charge in [-0.15, -0.1) is 0 Å². The molecule has 1 atom stereocenters. The molecule has 0 aliphatic rings. The molecule has 7 heteroatoms. The van der Waals surface area contributed by atoms with Crippen molar-refractivity contribution in [3.63, 3.8) is 0 Å². The maximum atomic E-state index is 11.0. The molecule has 0 aliphatic heterocycles. The van der Waals surface area contributed by atoms with Crippen LogP contribution in [0.1, 0.15) is 5.56 Å². The molecule has 0 spiro atoms. The van der Waals surface area contributed by atoms with E-state index in [-0.39, 0.29) is 36.2 Å². The Morgan fingerprint density at radius 1 is 1.38 bits per heavy atom. The van der Waals surface area contributed by atoms with Crippen LogP contribution in [-0.2, 0) is 20.4 Å². The molecule has 83 valence electrons. The van der Waals surface area contributed by atoms with Crippen LogP contribution in [0.25, 0.3) is 0 Å². The third kappa shape index (κ3) is 4.78. The van der Waals surface area contributed by atoms with Crippen molar-refractivity contribution in [1.29, 1.82) is 0 Å². The first-order chi connectivity index (χ1) is 7.06. The monoisotopic (exact) mass is 253 g/mol. The van der Waals surface area contributed by atoms with E-state index in [2.05, 4.69) is 9.26 Å². The predicted molar refractivity (Wildman–Crippen MR) is 59.2 cm³/mol. The maximum absolute atomic E-state index is 11.0. The molecule has 0 fully saturated rings. The molecule has 0 saturated carbocycles. The summed E-state index contributed by atoms with van der Waals surface area (Å²) in [5, 5.41) is 0. The van der Waals surface area contributed by atoms with Crippen LogP contribution in [0.5, 0.6) is 0 Å². The van der Waals surface area contributed by atoms with E-state index < -0.39 is 13.3 Å². The minimum absolute atomic E-state index is 0. The Labute approximate surface area is 116 Å². The zero-order valence-electron chi connectivity index (χ0n) is 9.12. The summed E-state index contributed by atoms with van der Waals surface area (Å²) in [5.74, 6) is 0. The first-order valence-corrected chi connectivity index (χ1v) is 5.74. The molecule has 1 N–H and O–H groups in total. The molecule has 0 saturated heterocycles. The fourth-order valence-corrected chi connectivity index (χ4v) is 1.25. The quantitative estimate of drug-likeness (QED) is 0.654. The van der Waals surface area contributed by atoms with Crippen molar-refractivity contribution >= 4 is 42.9 Å². The van der Waals surface area contributed by atoms with Gasteiger partial charge in [-0.3, -0.25) is 0 Å². The van der Waals surface area contributed by atoms with Gasteiger partial charge in [-0.2, -0.15) is 0 Å². The molecule has 16 heavy (non-hydrogen) atoms. The number of carbonyl (C=O) groups is 1. The molecule has 5 nitrogen and oxygen atoms in total. The zero-order chi connectivity index (χ0) is 11.3. The molecule has 1 aromatic rings. The van der Waals surface area contributed by atoms with Gasteiger partial charge in [0.25, 0.3) is 0 Å². The van der Waals surface area contributed by atoms with Crippen molar-refractivity contribution in [3.8, 4) is 0 Å². The van der Waals surface area contributed by atoms with Crippen LogP contribution >= 0.6 is 7.60 Å². The van der Waals surface area contributed by atoms with Crippen LogP contribution in [0.3, 0.4) is 0 Å². The molecule has 0 aromatic heterocycles. The second-order valence-corrected chi connectivity index (χ2v) is 4.51. The van der Waals surface area contributed by atoms with E-state index in [4.69, 9.17) is 4.89 Å². The number of carbonyl (C=O) groups excluding carboxylic acids is 1. The molecule has 0 amide bonds. The summed E-state index contributed by atoms with van der Waals surface area (Å²) in [6, 6.07) is 8.85. The summed E-state index contributed by atoms with van der Waals surface area (Å²) >= 11 is 0. The van der Waals surface area contributed by atoms with Gasteiger partial charge in [-0.05, 0) is 5.56 Å². The Morgan fingerprint density at radius 2 is 1.94 bits per heavy atom. The third-order valence-corrected chi connectivity index (χ3v) is 2.77. The molecule has 0 aliphatic carbocycles. The number of hydrogen-bond acceptors (Lipinski definition) is 4. The largest absolute Gasteiger partial charge is 0.452 e. The fourth-order valence-electron chi connectivity index (χ4n) is 0.875. The number of benzene rings is 1. The first-order valence-electron chi connectivity index (χ1n) is 4.16. The molecule has 1 rings (SSSR count). The van der Waals surface area contributed by atoms with Crippen molar-refractivity contribution in [1.82, 2.24) is 0 Å². The summed E-state index contributed by atoms with van der Waals surface area (Å²) in [7, 11) is -3.29. The van der Waals surface area contributed by atoms with E-state index >= 15 is 0 Å². The zero-order valence-corrected chi connectivity index (χ0v) is 12.0. The van der Waals surface area contributed by atoms with Crippen molar-refractivity contribution in [3.05, 3.63) is 35.9 Å². The van der Waals surface area contributed by atoms with E-state index in [1.807, 2.05) is 6.07 Å². The van der Waals surface area contributed by atoms with Gasteiger partial charge >= 0.3 is 13.3 Å². The Bertz CT molecular complexity index is 381. The van der Waals surface area contributed by atoms with Gasteiger partial charge < -0.3 is 14.2 Å². The smallest absolute Gasteiger partial charge is 0.435 e. The van der Waals surface area contributed by atoms with Gasteiger partial charge in [-0.1, -0.05) is 30.3 Å². The van der Waals surface area contributed by atoms with Gasteiger partial charge in [0.1, 0.15) is 6.61 Å². The van der Waals surface area contributed by atoms with Gasteiger partial charge in [-0.25, -0.2) is 9.36 Å². The van der Waals surface area contributed by atoms with E-state index in [1.54, 1.807) is 24.3 Å². The minimum atomic E-state index is -4.26. The second-order valence-electron chi connectivity index (χ2n) is 2.74. The molecule has 0 bridgehead atoms. The second kappa shape index (κ2) is 7.22. The molecular formula is C9H11NaO5P. The average molecular weight is 253 g/mol. The van der Waals surface area contributed by atoms with E-state index in [1.165, 1.54) is 0 Å². The topological polar surface area (TPSA) is 72.8 Å². The van der Waals surface area contributed by atoms with Gasteiger partial charge in [0, 0.05) is 36.7 Å². The number of rotatable bonds is 4. The normalized spacial score (nSPS) is 13.4. The van der Waals surface area contributed by atoms with Crippen LogP contribution in [0.4, 0.5) is 4.79 Å². The average Bonchev–Trinajstić information content (AvgIpc) is 2.27. The molecule has 1 unspecified atom stereocenters. The van der Waals surface area contributed by atoms with Crippen LogP contribution in [0, 0.1) is 0 Å². The first kappa shape index (κ1) is 15.8. The molecule has 1 aromatic carbocycles. The Kier molecular flexibility index (Phi) is 7.15. The van der Waals surface area contributed by atoms with Crippen LogP contribution < -0.4 is 0 Å². The van der Waals surface area contributed by atoms with Crippen molar-refractivity contribution < 1.29 is 23.5 Å². The molecule has 0 heterocycles. The van der Waals surface area contributed by atoms with E-state index in [0.29, 0.717) is 0 Å². The summed E-state index contributed by atoms with van der Waals surface area (Å²) in [5.41, 5.74) is -0.504. The van der Waals surface area contributed by atoms with Crippen LogP contribution in [0.2, 0.25) is 0 Å². The molecular weight excluding hydrogens is 242 g/mol. The van der Waals surface area contributed by atoms with Gasteiger partial charge in [0.05, 0.1) is 0 Å². The summed E-state index contributed by atoms with van der Waals surface area (Å²) in [6.45, 7) is -0.0480. The standard InChI is InChI=1S/C9H11O5P.Na/c1-13-15(11,12)9(10)14-7-8-5-3-2-4-6-8;/h2-6H,7H2,1H3,(H,11,12);. The van der Waals surface area contributed by atoms with E-state index in [0.717, 1.165) is 12.7 Å². The SMILES string of the molecule is COP(=O)(O)C(=O)OCc1ccccc1.[Na]. The molecule has 1 radical (unpaired) electrons. The van der Waals surface area contributed by atoms with Crippen LogP contribution in [-0.4, -0.2) is 47.3 Å².